The molecule has 0 fully saturated rings. The standard InChI is InChI=1S/C34H37N3O5S/c1-25(2)35-34(39)27(4)36(23-28-11-7-5-8-12-28)33(38)24-37(43(40,41)32-21-15-26(3)16-22-32)29-17-19-31(20-18-29)42-30-13-9-6-10-14-30/h5-22,25,27H,23-24H2,1-4H3,(H,35,39)/t27-/m1/s1. The van der Waals surface area contributed by atoms with E-state index in [-0.39, 0.29) is 29.1 Å². The Bertz CT molecular complexity index is 1610. The Kier molecular flexibility index (Phi) is 10.2. The molecular formula is C34H37N3O5S. The number of sulfonamides is 1. The molecule has 0 spiro atoms. The van der Waals surface area contributed by atoms with E-state index in [0.717, 1.165) is 15.4 Å². The molecule has 0 heterocycles. The number of aryl methyl sites for hydroxylation is 1. The minimum Gasteiger partial charge on any atom is -0.457 e. The number of amides is 2. The Morgan fingerprint density at radius 3 is 1.91 bits per heavy atom. The molecule has 0 aliphatic carbocycles. The molecule has 9 heteroatoms. The number of carbonyl (C=O) groups is 2. The van der Waals surface area contributed by atoms with E-state index in [0.29, 0.717) is 11.5 Å². The number of nitrogens with zero attached hydrogens (tertiary/aromatic N) is 2. The molecule has 4 aromatic rings. The Hall–Kier alpha value is -4.63. The van der Waals surface area contributed by atoms with Crippen LogP contribution in [0.4, 0.5) is 5.69 Å². The largest absolute Gasteiger partial charge is 0.457 e. The maximum absolute atomic E-state index is 14.0. The molecule has 0 aliphatic rings. The molecule has 0 unspecified atom stereocenters. The average Bonchev–Trinajstić information content (AvgIpc) is 2.99. The lowest BCUT2D eigenvalue weighted by molar-refractivity contribution is -0.139. The minimum atomic E-state index is -4.16. The molecule has 8 nitrogen and oxygen atoms in total. The summed E-state index contributed by atoms with van der Waals surface area (Å²) in [6, 6.07) is 30.5. The molecule has 0 radical (unpaired) electrons. The van der Waals surface area contributed by atoms with Crippen molar-refractivity contribution in [2.45, 2.75) is 51.2 Å². The second-order valence-electron chi connectivity index (χ2n) is 10.6. The fourth-order valence-corrected chi connectivity index (χ4v) is 5.85. The molecule has 4 rings (SSSR count). The van der Waals surface area contributed by atoms with E-state index in [1.54, 1.807) is 43.3 Å². The van der Waals surface area contributed by atoms with Gasteiger partial charge in [-0.3, -0.25) is 13.9 Å². The van der Waals surface area contributed by atoms with Crippen LogP contribution in [0, 0.1) is 6.92 Å². The molecule has 43 heavy (non-hydrogen) atoms. The predicted molar refractivity (Wildman–Crippen MR) is 168 cm³/mol. The number of hydrogen-bond acceptors (Lipinski definition) is 5. The second-order valence-corrected chi connectivity index (χ2v) is 12.4. The summed E-state index contributed by atoms with van der Waals surface area (Å²) in [6.07, 6.45) is 0. The van der Waals surface area contributed by atoms with Crippen molar-refractivity contribution in [1.29, 1.82) is 0 Å². The van der Waals surface area contributed by atoms with Gasteiger partial charge in [0.2, 0.25) is 11.8 Å². The van der Waals surface area contributed by atoms with Gasteiger partial charge in [0.1, 0.15) is 24.1 Å². The van der Waals surface area contributed by atoms with Gasteiger partial charge >= 0.3 is 0 Å². The van der Waals surface area contributed by atoms with Gasteiger partial charge in [-0.15, -0.1) is 0 Å². The summed E-state index contributed by atoms with van der Waals surface area (Å²) in [5.74, 6) is 0.309. The summed E-state index contributed by atoms with van der Waals surface area (Å²) >= 11 is 0. The van der Waals surface area contributed by atoms with Gasteiger partial charge in [-0.25, -0.2) is 8.42 Å². The zero-order valence-corrected chi connectivity index (χ0v) is 25.6. The van der Waals surface area contributed by atoms with Gasteiger partial charge in [-0.2, -0.15) is 0 Å². The first-order valence-electron chi connectivity index (χ1n) is 14.1. The van der Waals surface area contributed by atoms with Crippen LogP contribution in [0.3, 0.4) is 0 Å². The fraction of sp³-hybridized carbons (Fsp3) is 0.235. The van der Waals surface area contributed by atoms with E-state index in [1.807, 2.05) is 81.4 Å². The molecule has 0 aromatic heterocycles. The lowest BCUT2D eigenvalue weighted by atomic mass is 10.1. The molecule has 0 saturated carbocycles. The van der Waals surface area contributed by atoms with Crippen LogP contribution >= 0.6 is 0 Å². The van der Waals surface area contributed by atoms with Gasteiger partial charge in [0, 0.05) is 12.6 Å². The van der Waals surface area contributed by atoms with Gasteiger partial charge in [0.15, 0.2) is 0 Å². The highest BCUT2D eigenvalue weighted by atomic mass is 32.2. The first-order valence-corrected chi connectivity index (χ1v) is 15.5. The van der Waals surface area contributed by atoms with E-state index >= 15 is 0 Å². The molecule has 1 N–H and O–H groups in total. The van der Waals surface area contributed by atoms with Gasteiger partial charge in [-0.05, 0) is 81.8 Å². The van der Waals surface area contributed by atoms with Crippen molar-refractivity contribution in [3.05, 3.63) is 120 Å². The third-order valence-corrected chi connectivity index (χ3v) is 8.57. The molecule has 1 atom stereocenters. The topological polar surface area (TPSA) is 96.0 Å². The number of nitrogens with one attached hydrogen (secondary N) is 1. The van der Waals surface area contributed by atoms with Gasteiger partial charge in [-0.1, -0.05) is 66.2 Å². The summed E-state index contributed by atoms with van der Waals surface area (Å²) in [5, 5.41) is 2.86. The summed E-state index contributed by atoms with van der Waals surface area (Å²) in [5.41, 5.74) is 2.01. The number of ether oxygens (including phenoxy) is 1. The Balaban J connectivity index is 1.69. The predicted octanol–water partition coefficient (Wildman–Crippen LogP) is 5.92. The van der Waals surface area contributed by atoms with Crippen LogP contribution in [0.25, 0.3) is 0 Å². The van der Waals surface area contributed by atoms with Crippen LogP contribution in [0.2, 0.25) is 0 Å². The zero-order chi connectivity index (χ0) is 31.0. The lowest BCUT2D eigenvalue weighted by Crippen LogP contribution is -2.52. The van der Waals surface area contributed by atoms with Crippen LogP contribution in [0.15, 0.2) is 114 Å². The van der Waals surface area contributed by atoms with E-state index < -0.39 is 28.5 Å². The number of carbonyl (C=O) groups excluding carboxylic acids is 2. The molecule has 0 aliphatic heterocycles. The summed E-state index contributed by atoms with van der Waals surface area (Å²) in [6.45, 7) is 6.82. The number of anilines is 1. The first kappa shape index (κ1) is 31.3. The van der Waals surface area contributed by atoms with Crippen LogP contribution < -0.4 is 14.4 Å². The van der Waals surface area contributed by atoms with Crippen molar-refractivity contribution < 1.29 is 22.7 Å². The number of para-hydroxylation sites is 1. The van der Waals surface area contributed by atoms with Gasteiger partial charge in [0.25, 0.3) is 10.0 Å². The van der Waals surface area contributed by atoms with Crippen molar-refractivity contribution in [2.24, 2.45) is 0 Å². The van der Waals surface area contributed by atoms with Crippen LogP contribution in [0.5, 0.6) is 11.5 Å². The second kappa shape index (κ2) is 14.0. The highest BCUT2D eigenvalue weighted by Crippen LogP contribution is 2.28. The van der Waals surface area contributed by atoms with Gasteiger partial charge in [0.05, 0.1) is 10.6 Å². The molecule has 0 saturated heterocycles. The van der Waals surface area contributed by atoms with Crippen LogP contribution in [-0.2, 0) is 26.2 Å². The monoisotopic (exact) mass is 599 g/mol. The molecule has 2 amide bonds. The average molecular weight is 600 g/mol. The van der Waals surface area contributed by atoms with E-state index in [9.17, 15) is 18.0 Å². The third kappa shape index (κ3) is 8.23. The van der Waals surface area contributed by atoms with Crippen molar-refractivity contribution in [3.8, 4) is 11.5 Å². The van der Waals surface area contributed by atoms with Gasteiger partial charge < -0.3 is 15.0 Å². The quantitative estimate of drug-likeness (QED) is 0.218. The van der Waals surface area contributed by atoms with E-state index in [4.69, 9.17) is 4.74 Å². The van der Waals surface area contributed by atoms with E-state index in [1.165, 1.54) is 17.0 Å². The van der Waals surface area contributed by atoms with Crippen molar-refractivity contribution in [1.82, 2.24) is 10.2 Å². The number of hydrogen-bond donors (Lipinski definition) is 1. The number of benzene rings is 4. The lowest BCUT2D eigenvalue weighted by Gasteiger charge is -2.32. The fourth-order valence-electron chi connectivity index (χ4n) is 4.44. The Morgan fingerprint density at radius 1 is 0.767 bits per heavy atom. The Labute approximate surface area is 254 Å². The maximum Gasteiger partial charge on any atom is 0.264 e. The van der Waals surface area contributed by atoms with Crippen molar-refractivity contribution in [2.75, 3.05) is 10.8 Å². The molecule has 4 aromatic carbocycles. The third-order valence-electron chi connectivity index (χ3n) is 6.79. The summed E-state index contributed by atoms with van der Waals surface area (Å²) in [7, 11) is -4.16. The van der Waals surface area contributed by atoms with Crippen molar-refractivity contribution in [3.63, 3.8) is 0 Å². The van der Waals surface area contributed by atoms with Crippen LogP contribution in [0.1, 0.15) is 31.9 Å². The smallest absolute Gasteiger partial charge is 0.264 e. The highest BCUT2D eigenvalue weighted by Gasteiger charge is 2.32. The molecular weight excluding hydrogens is 562 g/mol. The van der Waals surface area contributed by atoms with Crippen molar-refractivity contribution >= 4 is 27.5 Å². The summed E-state index contributed by atoms with van der Waals surface area (Å²) < 4.78 is 35.0. The SMILES string of the molecule is Cc1ccc(S(=O)(=O)N(CC(=O)N(Cc2ccccc2)[C@H](C)C(=O)NC(C)C)c2ccc(Oc3ccccc3)cc2)cc1. The number of rotatable bonds is 12. The normalized spacial score (nSPS) is 11.9. The van der Waals surface area contributed by atoms with Crippen LogP contribution in [-0.4, -0.2) is 43.8 Å². The summed E-state index contributed by atoms with van der Waals surface area (Å²) in [4.78, 5) is 28.5. The Morgan fingerprint density at radius 2 is 1.33 bits per heavy atom. The van der Waals surface area contributed by atoms with E-state index in [2.05, 4.69) is 5.32 Å². The molecule has 0 bridgehead atoms. The highest BCUT2D eigenvalue weighted by molar-refractivity contribution is 7.92. The minimum absolute atomic E-state index is 0.0516. The zero-order valence-electron chi connectivity index (χ0n) is 24.8. The molecule has 224 valence electrons. The maximum atomic E-state index is 14.0. The first-order chi connectivity index (χ1) is 20.5.